The van der Waals surface area contributed by atoms with Gasteiger partial charge in [-0.15, -0.1) is 11.3 Å². The molecule has 0 saturated heterocycles. The number of aromatic nitrogens is 1. The molecule has 0 amide bonds. The van der Waals surface area contributed by atoms with Crippen molar-refractivity contribution >= 4 is 27.0 Å². The minimum atomic E-state index is -3.62. The number of thiazole rings is 1. The first-order chi connectivity index (χ1) is 10.0. The first-order valence-electron chi connectivity index (χ1n) is 6.16. The number of hydrogen-bond acceptors (Lipinski definition) is 5. The van der Waals surface area contributed by atoms with Crippen LogP contribution < -0.4 is 4.72 Å². The molecule has 0 aliphatic rings. The summed E-state index contributed by atoms with van der Waals surface area (Å²) in [5.74, 6) is 5.65. The second-order valence-electron chi connectivity index (χ2n) is 4.16. The number of rotatable bonds is 4. The van der Waals surface area contributed by atoms with E-state index in [0.29, 0.717) is 22.7 Å². The van der Waals surface area contributed by atoms with Crippen LogP contribution in [0.15, 0.2) is 34.7 Å². The summed E-state index contributed by atoms with van der Waals surface area (Å²) in [6, 6.07) is 6.80. The summed E-state index contributed by atoms with van der Waals surface area (Å²) in [6.07, 6.45) is 1.73. The molecular formula is C14H14N2O3S2. The van der Waals surface area contributed by atoms with E-state index in [2.05, 4.69) is 21.5 Å². The highest BCUT2D eigenvalue weighted by atomic mass is 32.2. The Bertz CT molecular complexity index is 786. The molecule has 0 unspecified atom stereocenters. The van der Waals surface area contributed by atoms with Crippen LogP contribution in [0.4, 0.5) is 5.69 Å². The second-order valence-corrected chi connectivity index (χ2v) is 7.30. The topological polar surface area (TPSA) is 79.3 Å². The Morgan fingerprint density at radius 2 is 2.24 bits per heavy atom. The molecule has 2 aromatic rings. The number of anilines is 1. The SMILES string of the molecule is Cc1ncc(S(=O)(=O)Nc2cccc(C#CCCO)c2)s1. The molecule has 0 fully saturated rings. The van der Waals surface area contributed by atoms with Gasteiger partial charge in [-0.25, -0.2) is 13.4 Å². The highest BCUT2D eigenvalue weighted by Gasteiger charge is 2.17. The van der Waals surface area contributed by atoms with Crippen molar-refractivity contribution in [1.82, 2.24) is 4.98 Å². The molecule has 2 N–H and O–H groups in total. The van der Waals surface area contributed by atoms with Gasteiger partial charge in [-0.05, 0) is 25.1 Å². The molecule has 1 aromatic carbocycles. The number of nitrogens with one attached hydrogen (secondary N) is 1. The van der Waals surface area contributed by atoms with Gasteiger partial charge in [-0.3, -0.25) is 4.72 Å². The number of hydrogen-bond donors (Lipinski definition) is 2. The predicted octanol–water partition coefficient (Wildman–Crippen LogP) is 1.99. The molecule has 0 aliphatic heterocycles. The standard InChI is InChI=1S/C14H14N2O3S2/c1-11-15-10-14(20-11)21(18,19)16-13-7-4-6-12(9-13)5-2-3-8-17/h4,6-7,9-10,16-17H,3,8H2,1H3. The number of aliphatic hydroxyl groups excluding tert-OH is 1. The maximum atomic E-state index is 12.2. The van der Waals surface area contributed by atoms with Gasteiger partial charge in [0.1, 0.15) is 0 Å². The molecule has 2 rings (SSSR count). The lowest BCUT2D eigenvalue weighted by atomic mass is 10.2. The molecule has 0 saturated carbocycles. The van der Waals surface area contributed by atoms with E-state index in [1.54, 1.807) is 31.2 Å². The Morgan fingerprint density at radius 3 is 2.90 bits per heavy atom. The van der Waals surface area contributed by atoms with Crippen LogP contribution in [-0.4, -0.2) is 25.1 Å². The summed E-state index contributed by atoms with van der Waals surface area (Å²) >= 11 is 1.12. The second kappa shape index (κ2) is 6.72. The van der Waals surface area contributed by atoms with E-state index in [1.807, 2.05) is 0 Å². The van der Waals surface area contributed by atoms with Crippen LogP contribution in [-0.2, 0) is 10.0 Å². The molecule has 0 radical (unpaired) electrons. The molecule has 110 valence electrons. The van der Waals surface area contributed by atoms with Crippen LogP contribution in [0, 0.1) is 18.8 Å². The fraction of sp³-hybridized carbons (Fsp3) is 0.214. The van der Waals surface area contributed by atoms with Crippen molar-refractivity contribution in [2.45, 2.75) is 17.6 Å². The third kappa shape index (κ3) is 4.29. The van der Waals surface area contributed by atoms with Crippen LogP contribution in [0.25, 0.3) is 0 Å². The Morgan fingerprint density at radius 1 is 1.43 bits per heavy atom. The van der Waals surface area contributed by atoms with Gasteiger partial charge < -0.3 is 5.11 Å². The third-order valence-electron chi connectivity index (χ3n) is 2.45. The summed E-state index contributed by atoms with van der Waals surface area (Å²) in [5.41, 5.74) is 1.13. The monoisotopic (exact) mass is 322 g/mol. The molecule has 1 aromatic heterocycles. The molecular weight excluding hydrogens is 308 g/mol. The summed E-state index contributed by atoms with van der Waals surface area (Å²) in [6.45, 7) is 1.76. The molecule has 0 aliphatic carbocycles. The number of benzene rings is 1. The summed E-state index contributed by atoms with van der Waals surface area (Å²) in [5, 5.41) is 9.37. The normalized spacial score (nSPS) is 10.8. The lowest BCUT2D eigenvalue weighted by Crippen LogP contribution is -2.11. The average Bonchev–Trinajstić information content (AvgIpc) is 2.87. The highest BCUT2D eigenvalue weighted by molar-refractivity contribution is 7.94. The first kappa shape index (κ1) is 15.5. The minimum absolute atomic E-state index is 0.00402. The first-order valence-corrected chi connectivity index (χ1v) is 8.46. The van der Waals surface area contributed by atoms with Gasteiger partial charge >= 0.3 is 0 Å². The quantitative estimate of drug-likeness (QED) is 0.844. The zero-order chi connectivity index (χ0) is 15.3. The maximum absolute atomic E-state index is 12.2. The lowest BCUT2D eigenvalue weighted by Gasteiger charge is -2.05. The van der Waals surface area contributed by atoms with Crippen molar-refractivity contribution in [3.05, 3.63) is 41.0 Å². The Balaban J connectivity index is 2.20. The molecule has 21 heavy (non-hydrogen) atoms. The van der Waals surface area contributed by atoms with Gasteiger partial charge in [-0.1, -0.05) is 17.9 Å². The number of nitrogens with zero attached hydrogens (tertiary/aromatic N) is 1. The van der Waals surface area contributed by atoms with Crippen molar-refractivity contribution in [3.63, 3.8) is 0 Å². The van der Waals surface area contributed by atoms with Gasteiger partial charge in [0.15, 0.2) is 4.21 Å². The van der Waals surface area contributed by atoms with E-state index in [0.717, 1.165) is 11.3 Å². The Hall–Kier alpha value is -1.88. The van der Waals surface area contributed by atoms with Crippen LogP contribution in [0.2, 0.25) is 0 Å². The number of sulfonamides is 1. The van der Waals surface area contributed by atoms with Crippen molar-refractivity contribution in [2.24, 2.45) is 0 Å². The predicted molar refractivity (Wildman–Crippen MR) is 82.7 cm³/mol. The van der Waals surface area contributed by atoms with E-state index in [4.69, 9.17) is 5.11 Å². The Kier molecular flexibility index (Phi) is 4.96. The van der Waals surface area contributed by atoms with Crippen molar-refractivity contribution in [3.8, 4) is 11.8 Å². The number of aryl methyl sites for hydroxylation is 1. The van der Waals surface area contributed by atoms with Crippen LogP contribution >= 0.6 is 11.3 Å². The van der Waals surface area contributed by atoms with Crippen LogP contribution in [0.3, 0.4) is 0 Å². The van der Waals surface area contributed by atoms with Crippen molar-refractivity contribution in [2.75, 3.05) is 11.3 Å². The fourth-order valence-electron chi connectivity index (χ4n) is 1.55. The van der Waals surface area contributed by atoms with E-state index in [1.165, 1.54) is 6.20 Å². The van der Waals surface area contributed by atoms with E-state index >= 15 is 0 Å². The average molecular weight is 322 g/mol. The smallest absolute Gasteiger partial charge is 0.273 e. The maximum Gasteiger partial charge on any atom is 0.273 e. The molecule has 5 nitrogen and oxygen atoms in total. The third-order valence-corrected chi connectivity index (χ3v) is 5.20. The Labute approximate surface area is 127 Å². The molecule has 0 bridgehead atoms. The lowest BCUT2D eigenvalue weighted by molar-refractivity contribution is 0.305. The number of aliphatic hydroxyl groups is 1. The zero-order valence-electron chi connectivity index (χ0n) is 11.3. The fourth-order valence-corrected chi connectivity index (χ4v) is 3.71. The van der Waals surface area contributed by atoms with E-state index < -0.39 is 10.0 Å². The molecule has 7 heteroatoms. The summed E-state index contributed by atoms with van der Waals surface area (Å²) in [7, 11) is -3.62. The van der Waals surface area contributed by atoms with Gasteiger partial charge in [-0.2, -0.15) is 0 Å². The largest absolute Gasteiger partial charge is 0.395 e. The van der Waals surface area contributed by atoms with Gasteiger partial charge in [0.05, 0.1) is 23.5 Å². The van der Waals surface area contributed by atoms with Gasteiger partial charge in [0.25, 0.3) is 10.0 Å². The van der Waals surface area contributed by atoms with E-state index in [-0.39, 0.29) is 10.8 Å². The summed E-state index contributed by atoms with van der Waals surface area (Å²) < 4.78 is 27.0. The van der Waals surface area contributed by atoms with Crippen LogP contribution in [0.1, 0.15) is 17.0 Å². The highest BCUT2D eigenvalue weighted by Crippen LogP contribution is 2.21. The van der Waals surface area contributed by atoms with Crippen molar-refractivity contribution in [1.29, 1.82) is 0 Å². The van der Waals surface area contributed by atoms with Crippen molar-refractivity contribution < 1.29 is 13.5 Å². The molecule has 1 heterocycles. The van der Waals surface area contributed by atoms with Gasteiger partial charge in [0.2, 0.25) is 0 Å². The van der Waals surface area contributed by atoms with Crippen LogP contribution in [0.5, 0.6) is 0 Å². The minimum Gasteiger partial charge on any atom is -0.395 e. The molecule has 0 atom stereocenters. The zero-order valence-corrected chi connectivity index (χ0v) is 13.0. The molecule has 0 spiro atoms. The van der Waals surface area contributed by atoms with Gasteiger partial charge in [0, 0.05) is 12.0 Å². The summed E-state index contributed by atoms with van der Waals surface area (Å²) in [4.78, 5) is 3.95. The van der Waals surface area contributed by atoms with E-state index in [9.17, 15) is 8.42 Å².